The van der Waals surface area contributed by atoms with Gasteiger partial charge in [-0.15, -0.1) is 0 Å². The Morgan fingerprint density at radius 1 is 1.03 bits per heavy atom. The molecule has 1 aliphatic rings. The number of fused-ring (bicyclic) bond motifs is 1. The standard InChI is InChI=1S/C26H27BrN2O6S/c1-3-33-22-9-7-21(8-10-22)29(36(31,32)23-11-5-20(27)6-12-23)17-26(30)28-18(2)19-4-13-24-25(16-19)35-15-14-34-24/h4-13,16,18H,3,14-15,17H2,1-2H3,(H,28,30)/t18-/m1/s1. The maximum atomic E-state index is 13.6. The molecule has 1 aliphatic heterocycles. The molecule has 4 rings (SSSR count). The first kappa shape index (κ1) is 25.8. The first-order chi connectivity index (χ1) is 17.3. The summed E-state index contributed by atoms with van der Waals surface area (Å²) >= 11 is 3.33. The predicted molar refractivity (Wildman–Crippen MR) is 140 cm³/mol. The molecule has 1 N–H and O–H groups in total. The van der Waals surface area contributed by atoms with Crippen molar-refractivity contribution in [1.29, 1.82) is 0 Å². The van der Waals surface area contributed by atoms with E-state index in [4.69, 9.17) is 14.2 Å². The van der Waals surface area contributed by atoms with Crippen LogP contribution in [0.25, 0.3) is 0 Å². The van der Waals surface area contributed by atoms with Gasteiger partial charge in [-0.2, -0.15) is 0 Å². The quantitative estimate of drug-likeness (QED) is 0.398. The van der Waals surface area contributed by atoms with Gasteiger partial charge in [0.1, 0.15) is 25.5 Å². The summed E-state index contributed by atoms with van der Waals surface area (Å²) in [6.45, 7) is 4.73. The fraction of sp³-hybridized carbons (Fsp3) is 0.269. The van der Waals surface area contributed by atoms with Gasteiger partial charge in [0.25, 0.3) is 10.0 Å². The molecule has 0 saturated heterocycles. The van der Waals surface area contributed by atoms with Crippen LogP contribution in [0.15, 0.2) is 76.1 Å². The Morgan fingerprint density at radius 2 is 1.69 bits per heavy atom. The van der Waals surface area contributed by atoms with Crippen LogP contribution in [-0.2, 0) is 14.8 Å². The van der Waals surface area contributed by atoms with Crippen LogP contribution in [0.3, 0.4) is 0 Å². The molecule has 8 nitrogen and oxygen atoms in total. The number of nitrogens with zero attached hydrogens (tertiary/aromatic N) is 1. The first-order valence-corrected chi connectivity index (χ1v) is 13.7. The van der Waals surface area contributed by atoms with Gasteiger partial charge in [0, 0.05) is 4.47 Å². The summed E-state index contributed by atoms with van der Waals surface area (Å²) < 4.78 is 45.7. The van der Waals surface area contributed by atoms with Gasteiger partial charge in [-0.05, 0) is 80.1 Å². The Morgan fingerprint density at radius 3 is 2.36 bits per heavy atom. The highest BCUT2D eigenvalue weighted by Gasteiger charge is 2.28. The largest absolute Gasteiger partial charge is 0.494 e. The molecular weight excluding hydrogens is 548 g/mol. The van der Waals surface area contributed by atoms with Crippen LogP contribution in [0.4, 0.5) is 5.69 Å². The zero-order valence-electron chi connectivity index (χ0n) is 19.9. The van der Waals surface area contributed by atoms with Crippen LogP contribution in [0, 0.1) is 0 Å². The summed E-state index contributed by atoms with van der Waals surface area (Å²) in [6.07, 6.45) is 0. The highest BCUT2D eigenvalue weighted by atomic mass is 79.9. The second-order valence-electron chi connectivity index (χ2n) is 8.08. The summed E-state index contributed by atoms with van der Waals surface area (Å²) in [6, 6.07) is 18.0. The van der Waals surface area contributed by atoms with Gasteiger partial charge in [0.05, 0.1) is 23.2 Å². The highest BCUT2D eigenvalue weighted by molar-refractivity contribution is 9.10. The van der Waals surface area contributed by atoms with Crippen molar-refractivity contribution in [2.45, 2.75) is 24.8 Å². The number of nitrogens with one attached hydrogen (secondary N) is 1. The third-order valence-corrected chi connectivity index (χ3v) is 7.89. The molecule has 0 bridgehead atoms. The second-order valence-corrected chi connectivity index (χ2v) is 10.9. The van der Waals surface area contributed by atoms with E-state index in [-0.39, 0.29) is 10.9 Å². The van der Waals surface area contributed by atoms with E-state index in [2.05, 4.69) is 21.2 Å². The number of carbonyl (C=O) groups is 1. The van der Waals surface area contributed by atoms with Crippen molar-refractivity contribution >= 4 is 37.5 Å². The van der Waals surface area contributed by atoms with Crippen LogP contribution in [0.2, 0.25) is 0 Å². The van der Waals surface area contributed by atoms with Gasteiger partial charge in [0.2, 0.25) is 5.91 Å². The van der Waals surface area contributed by atoms with Gasteiger partial charge in [-0.25, -0.2) is 8.42 Å². The maximum Gasteiger partial charge on any atom is 0.264 e. The van der Waals surface area contributed by atoms with Gasteiger partial charge >= 0.3 is 0 Å². The van der Waals surface area contributed by atoms with Crippen LogP contribution in [0.1, 0.15) is 25.5 Å². The number of anilines is 1. The predicted octanol–water partition coefficient (Wildman–Crippen LogP) is 4.69. The molecule has 0 aliphatic carbocycles. The lowest BCUT2D eigenvalue weighted by molar-refractivity contribution is -0.120. The Hall–Kier alpha value is -3.24. The van der Waals surface area contributed by atoms with E-state index in [1.807, 2.05) is 26.0 Å². The molecule has 1 heterocycles. The molecule has 1 atom stereocenters. The molecule has 190 valence electrons. The normalized spacial score (nSPS) is 13.5. The van der Waals surface area contributed by atoms with Gasteiger partial charge in [-0.3, -0.25) is 9.10 Å². The minimum atomic E-state index is -4.03. The Kier molecular flexibility index (Phi) is 8.05. The number of carbonyl (C=O) groups excluding carboxylic acids is 1. The smallest absolute Gasteiger partial charge is 0.264 e. The number of halogens is 1. The van der Waals surface area contributed by atoms with Crippen molar-refractivity contribution in [2.24, 2.45) is 0 Å². The number of hydrogen-bond acceptors (Lipinski definition) is 6. The lowest BCUT2D eigenvalue weighted by Gasteiger charge is -2.26. The molecule has 0 radical (unpaired) electrons. The maximum absolute atomic E-state index is 13.6. The third kappa shape index (κ3) is 5.93. The second kappa shape index (κ2) is 11.2. The Balaban J connectivity index is 1.57. The zero-order valence-corrected chi connectivity index (χ0v) is 22.3. The van der Waals surface area contributed by atoms with Crippen molar-refractivity contribution < 1.29 is 27.4 Å². The van der Waals surface area contributed by atoms with E-state index in [1.165, 1.54) is 12.1 Å². The van der Waals surface area contributed by atoms with Crippen molar-refractivity contribution in [3.8, 4) is 17.2 Å². The van der Waals surface area contributed by atoms with E-state index in [0.29, 0.717) is 42.8 Å². The summed E-state index contributed by atoms with van der Waals surface area (Å²) in [5.41, 5.74) is 1.17. The number of sulfonamides is 1. The minimum absolute atomic E-state index is 0.0762. The number of hydrogen-bond donors (Lipinski definition) is 1. The third-order valence-electron chi connectivity index (χ3n) is 5.57. The van der Waals surface area contributed by atoms with Crippen LogP contribution >= 0.6 is 15.9 Å². The lowest BCUT2D eigenvalue weighted by Crippen LogP contribution is -2.41. The zero-order chi connectivity index (χ0) is 25.7. The summed E-state index contributed by atoms with van der Waals surface area (Å²) in [5.74, 6) is 1.44. The summed E-state index contributed by atoms with van der Waals surface area (Å²) in [4.78, 5) is 13.2. The number of rotatable bonds is 9. The van der Waals surface area contributed by atoms with Crippen molar-refractivity contribution in [3.05, 3.63) is 76.8 Å². The van der Waals surface area contributed by atoms with Crippen molar-refractivity contribution in [1.82, 2.24) is 5.32 Å². The fourth-order valence-corrected chi connectivity index (χ4v) is 5.44. The summed E-state index contributed by atoms with van der Waals surface area (Å²) in [5, 5.41) is 2.89. The molecule has 0 aromatic heterocycles. The molecule has 0 unspecified atom stereocenters. The molecule has 0 spiro atoms. The topological polar surface area (TPSA) is 94.2 Å². The first-order valence-electron chi connectivity index (χ1n) is 11.5. The monoisotopic (exact) mass is 574 g/mol. The molecule has 10 heteroatoms. The van der Waals surface area contributed by atoms with Crippen molar-refractivity contribution in [3.63, 3.8) is 0 Å². The van der Waals surface area contributed by atoms with Gasteiger partial charge in [0.15, 0.2) is 11.5 Å². The molecule has 3 aromatic carbocycles. The number of benzene rings is 3. The van der Waals surface area contributed by atoms with E-state index in [1.54, 1.807) is 42.5 Å². The SMILES string of the molecule is CCOc1ccc(N(CC(=O)N[C@H](C)c2ccc3c(c2)OCCO3)S(=O)(=O)c2ccc(Br)cc2)cc1. The molecule has 36 heavy (non-hydrogen) atoms. The molecule has 0 fully saturated rings. The van der Waals surface area contributed by atoms with E-state index in [0.717, 1.165) is 14.3 Å². The molecule has 3 aromatic rings. The average Bonchev–Trinajstić information content (AvgIpc) is 2.88. The van der Waals surface area contributed by atoms with E-state index in [9.17, 15) is 13.2 Å². The number of ether oxygens (including phenoxy) is 3. The van der Waals surface area contributed by atoms with Crippen LogP contribution in [0.5, 0.6) is 17.2 Å². The molecular formula is C26H27BrN2O6S. The lowest BCUT2D eigenvalue weighted by atomic mass is 10.1. The van der Waals surface area contributed by atoms with Gasteiger partial charge < -0.3 is 19.5 Å². The van der Waals surface area contributed by atoms with E-state index >= 15 is 0 Å². The number of amides is 1. The molecule has 0 saturated carbocycles. The Bertz CT molecular complexity index is 1310. The fourth-order valence-electron chi connectivity index (χ4n) is 3.75. The van der Waals surface area contributed by atoms with Crippen LogP contribution in [-0.4, -0.2) is 40.7 Å². The average molecular weight is 575 g/mol. The summed E-state index contributed by atoms with van der Waals surface area (Å²) in [7, 11) is -4.03. The van der Waals surface area contributed by atoms with Crippen molar-refractivity contribution in [2.75, 3.05) is 30.7 Å². The minimum Gasteiger partial charge on any atom is -0.494 e. The van der Waals surface area contributed by atoms with Gasteiger partial charge in [-0.1, -0.05) is 22.0 Å². The highest BCUT2D eigenvalue weighted by Crippen LogP contribution is 2.33. The van der Waals surface area contributed by atoms with E-state index < -0.39 is 22.5 Å². The Labute approximate surface area is 219 Å². The molecule has 1 amide bonds. The van der Waals surface area contributed by atoms with Crippen LogP contribution < -0.4 is 23.8 Å².